The summed E-state index contributed by atoms with van der Waals surface area (Å²) in [7, 11) is 0. The van der Waals surface area contributed by atoms with E-state index in [1.165, 1.54) is 0 Å². The van der Waals surface area contributed by atoms with Crippen LogP contribution in [0, 0.1) is 6.92 Å². The van der Waals surface area contributed by atoms with Crippen molar-refractivity contribution in [3.05, 3.63) is 21.9 Å². The zero-order chi connectivity index (χ0) is 11.5. The third-order valence-corrected chi connectivity index (χ3v) is 3.39. The van der Waals surface area contributed by atoms with Crippen LogP contribution in [0.1, 0.15) is 23.4 Å². The molecule has 1 aromatic rings. The molecule has 86 valence electrons. The van der Waals surface area contributed by atoms with Gasteiger partial charge in [0.15, 0.2) is 0 Å². The van der Waals surface area contributed by atoms with Gasteiger partial charge in [0.1, 0.15) is 6.61 Å². The summed E-state index contributed by atoms with van der Waals surface area (Å²) in [5.41, 5.74) is 1.10. The van der Waals surface area contributed by atoms with Crippen molar-refractivity contribution in [1.82, 2.24) is 5.32 Å². The fourth-order valence-electron chi connectivity index (χ4n) is 1.28. The van der Waals surface area contributed by atoms with Gasteiger partial charge < -0.3 is 10.4 Å². The first-order chi connectivity index (χ1) is 6.96. The molecule has 0 aromatic carbocycles. The summed E-state index contributed by atoms with van der Waals surface area (Å²) < 4.78 is 25.5. The topological polar surface area (TPSA) is 32.3 Å². The average molecular weight is 235 g/mol. The van der Waals surface area contributed by atoms with Crippen LogP contribution in [0.2, 0.25) is 0 Å². The Morgan fingerprint density at radius 1 is 1.60 bits per heavy atom. The Kier molecular flexibility index (Phi) is 4.19. The molecular formula is C10H15F2NOS. The van der Waals surface area contributed by atoms with Crippen LogP contribution in [0.4, 0.5) is 8.78 Å². The summed E-state index contributed by atoms with van der Waals surface area (Å²) >= 11 is 1.55. The molecule has 1 heterocycles. The summed E-state index contributed by atoms with van der Waals surface area (Å²) in [6.07, 6.45) is 0. The Morgan fingerprint density at radius 2 is 2.27 bits per heavy atom. The first-order valence-electron chi connectivity index (χ1n) is 4.72. The minimum Gasteiger partial charge on any atom is -0.390 e. The summed E-state index contributed by atoms with van der Waals surface area (Å²) in [5.74, 6) is -3.04. The maximum Gasteiger partial charge on any atom is 0.282 e. The summed E-state index contributed by atoms with van der Waals surface area (Å²) in [5, 5.41) is 13.1. The standard InChI is InChI=1S/C10H15F2NOS/c1-7-3-4-15-9(7)8(2)13-5-10(11,12)6-14/h3-4,8,13-14H,5-6H2,1-2H3. The lowest BCUT2D eigenvalue weighted by atomic mass is 10.2. The second-order valence-corrected chi connectivity index (χ2v) is 4.53. The van der Waals surface area contributed by atoms with E-state index < -0.39 is 19.1 Å². The van der Waals surface area contributed by atoms with Gasteiger partial charge in [0.25, 0.3) is 5.92 Å². The Balaban J connectivity index is 2.50. The van der Waals surface area contributed by atoms with Crippen molar-refractivity contribution >= 4 is 11.3 Å². The van der Waals surface area contributed by atoms with Gasteiger partial charge in [-0.3, -0.25) is 0 Å². The molecule has 1 atom stereocenters. The van der Waals surface area contributed by atoms with Gasteiger partial charge in [0, 0.05) is 10.9 Å². The van der Waals surface area contributed by atoms with Crippen LogP contribution in [0.5, 0.6) is 0 Å². The second-order valence-electron chi connectivity index (χ2n) is 3.58. The minimum atomic E-state index is -3.04. The first kappa shape index (κ1) is 12.5. The Morgan fingerprint density at radius 3 is 2.73 bits per heavy atom. The quantitative estimate of drug-likeness (QED) is 0.821. The number of aliphatic hydroxyl groups excluding tert-OH is 1. The maximum atomic E-state index is 12.7. The number of hydrogen-bond acceptors (Lipinski definition) is 3. The molecule has 1 rings (SSSR count). The lowest BCUT2D eigenvalue weighted by Crippen LogP contribution is -2.36. The third-order valence-electron chi connectivity index (χ3n) is 2.19. The molecule has 1 unspecified atom stereocenters. The smallest absolute Gasteiger partial charge is 0.282 e. The van der Waals surface area contributed by atoms with Crippen molar-refractivity contribution in [3.63, 3.8) is 0 Å². The summed E-state index contributed by atoms with van der Waals surface area (Å²) in [4.78, 5) is 1.06. The molecule has 0 aliphatic carbocycles. The van der Waals surface area contributed by atoms with Gasteiger partial charge in [-0.05, 0) is 30.9 Å². The van der Waals surface area contributed by atoms with Crippen LogP contribution in [0.15, 0.2) is 11.4 Å². The highest BCUT2D eigenvalue weighted by atomic mass is 32.1. The Labute approximate surface area is 91.9 Å². The molecule has 0 bridgehead atoms. The highest BCUT2D eigenvalue weighted by molar-refractivity contribution is 7.10. The van der Waals surface area contributed by atoms with E-state index in [9.17, 15) is 8.78 Å². The monoisotopic (exact) mass is 235 g/mol. The van der Waals surface area contributed by atoms with E-state index in [0.717, 1.165) is 10.4 Å². The van der Waals surface area contributed by atoms with E-state index >= 15 is 0 Å². The summed E-state index contributed by atoms with van der Waals surface area (Å²) in [6, 6.07) is 1.85. The molecule has 0 saturated heterocycles. The van der Waals surface area contributed by atoms with Gasteiger partial charge in [-0.15, -0.1) is 11.3 Å². The lowest BCUT2D eigenvalue weighted by molar-refractivity contribution is -0.0490. The number of alkyl halides is 2. The van der Waals surface area contributed by atoms with Gasteiger partial charge in [-0.2, -0.15) is 0 Å². The number of aliphatic hydroxyl groups is 1. The van der Waals surface area contributed by atoms with Crippen LogP contribution < -0.4 is 5.32 Å². The van der Waals surface area contributed by atoms with Crippen molar-refractivity contribution in [1.29, 1.82) is 0 Å². The van der Waals surface area contributed by atoms with Crippen molar-refractivity contribution < 1.29 is 13.9 Å². The van der Waals surface area contributed by atoms with Crippen LogP contribution in [-0.2, 0) is 0 Å². The molecule has 0 aliphatic heterocycles. The predicted octanol–water partition coefficient (Wildman–Crippen LogP) is 2.33. The molecule has 0 spiro atoms. The van der Waals surface area contributed by atoms with Crippen molar-refractivity contribution in [2.24, 2.45) is 0 Å². The summed E-state index contributed by atoms with van der Waals surface area (Å²) in [6.45, 7) is 2.18. The lowest BCUT2D eigenvalue weighted by Gasteiger charge is -2.18. The first-order valence-corrected chi connectivity index (χ1v) is 5.60. The molecule has 0 amide bonds. The number of rotatable bonds is 5. The number of hydrogen-bond donors (Lipinski definition) is 2. The second kappa shape index (κ2) is 5.01. The fourth-order valence-corrected chi connectivity index (χ4v) is 2.24. The van der Waals surface area contributed by atoms with Gasteiger partial charge >= 0.3 is 0 Å². The molecule has 1 aromatic heterocycles. The molecular weight excluding hydrogens is 220 g/mol. The van der Waals surface area contributed by atoms with Gasteiger partial charge in [0.2, 0.25) is 0 Å². The van der Waals surface area contributed by atoms with Crippen LogP contribution in [0.3, 0.4) is 0 Å². The third kappa shape index (κ3) is 3.52. The molecule has 0 radical (unpaired) electrons. The van der Waals surface area contributed by atoms with Crippen molar-refractivity contribution in [3.8, 4) is 0 Å². The Bertz CT molecular complexity index is 314. The Hall–Kier alpha value is -0.520. The van der Waals surface area contributed by atoms with E-state index in [1.54, 1.807) is 11.3 Å². The molecule has 5 heteroatoms. The van der Waals surface area contributed by atoms with Crippen molar-refractivity contribution in [2.75, 3.05) is 13.2 Å². The largest absolute Gasteiger partial charge is 0.390 e. The normalized spacial score (nSPS) is 14.2. The SMILES string of the molecule is Cc1ccsc1C(C)NCC(F)(F)CO. The van der Waals surface area contributed by atoms with E-state index in [-0.39, 0.29) is 6.04 Å². The van der Waals surface area contributed by atoms with Crippen LogP contribution in [0.25, 0.3) is 0 Å². The highest BCUT2D eigenvalue weighted by Crippen LogP contribution is 2.24. The average Bonchev–Trinajstić information content (AvgIpc) is 2.61. The van der Waals surface area contributed by atoms with E-state index in [4.69, 9.17) is 5.11 Å². The van der Waals surface area contributed by atoms with Gasteiger partial charge in [0.05, 0.1) is 6.54 Å². The van der Waals surface area contributed by atoms with Gasteiger partial charge in [-0.1, -0.05) is 0 Å². The van der Waals surface area contributed by atoms with Crippen LogP contribution in [-0.4, -0.2) is 24.2 Å². The van der Waals surface area contributed by atoms with Crippen LogP contribution >= 0.6 is 11.3 Å². The maximum absolute atomic E-state index is 12.7. The van der Waals surface area contributed by atoms with Gasteiger partial charge in [-0.25, -0.2) is 8.78 Å². The van der Waals surface area contributed by atoms with E-state index in [2.05, 4.69) is 5.32 Å². The highest BCUT2D eigenvalue weighted by Gasteiger charge is 2.28. The van der Waals surface area contributed by atoms with Crippen molar-refractivity contribution in [2.45, 2.75) is 25.8 Å². The number of halogens is 2. The number of thiophene rings is 1. The zero-order valence-corrected chi connectivity index (χ0v) is 9.57. The number of nitrogens with one attached hydrogen (secondary N) is 1. The predicted molar refractivity (Wildman–Crippen MR) is 57.5 cm³/mol. The molecule has 2 nitrogen and oxygen atoms in total. The molecule has 2 N–H and O–H groups in total. The molecule has 0 fully saturated rings. The zero-order valence-electron chi connectivity index (χ0n) is 8.76. The van der Waals surface area contributed by atoms with E-state index in [1.807, 2.05) is 25.3 Å². The minimum absolute atomic E-state index is 0.109. The van der Waals surface area contributed by atoms with E-state index in [0.29, 0.717) is 0 Å². The molecule has 15 heavy (non-hydrogen) atoms. The molecule has 0 saturated carbocycles. The molecule has 0 aliphatic rings. The fraction of sp³-hybridized carbons (Fsp3) is 0.600. The number of aryl methyl sites for hydroxylation is 1.